The summed E-state index contributed by atoms with van der Waals surface area (Å²) in [7, 11) is -3.22. The quantitative estimate of drug-likeness (QED) is 0.287. The van der Waals surface area contributed by atoms with Gasteiger partial charge in [0.05, 0.1) is 12.3 Å². The van der Waals surface area contributed by atoms with Crippen LogP contribution < -0.4 is 15.5 Å². The van der Waals surface area contributed by atoms with Gasteiger partial charge in [0.25, 0.3) is 0 Å². The molecule has 2 aromatic rings. The number of guanidine groups is 1. The molecule has 0 aliphatic carbocycles. The maximum absolute atomic E-state index is 13.7. The molecule has 176 valence electrons. The molecule has 2 aromatic carbocycles. The highest BCUT2D eigenvalue weighted by Gasteiger charge is 2.22. The first-order chi connectivity index (χ1) is 14.8. The standard InChI is InChI=1S/C23H31FN4O2S.HI/c1-3-25-23(26-14-18-11-12-28(16-18)22-7-5-4-6-8-22)27-15-20-13-21(24)10-9-19(20)17-31(2,29)30;/h4-10,13,18H,3,11-12,14-17H2,1-2H3,(H2,25,26,27);1H. The van der Waals surface area contributed by atoms with Crippen LogP contribution in [0.3, 0.4) is 0 Å². The molecule has 0 amide bonds. The van der Waals surface area contributed by atoms with Crippen LogP contribution in [0.5, 0.6) is 0 Å². The zero-order valence-corrected chi connectivity index (χ0v) is 21.7. The summed E-state index contributed by atoms with van der Waals surface area (Å²) in [4.78, 5) is 6.96. The van der Waals surface area contributed by atoms with E-state index in [-0.39, 0.29) is 36.3 Å². The van der Waals surface area contributed by atoms with Crippen LogP contribution in [0.1, 0.15) is 24.5 Å². The molecule has 2 N–H and O–H groups in total. The van der Waals surface area contributed by atoms with Crippen molar-refractivity contribution in [2.45, 2.75) is 25.6 Å². The van der Waals surface area contributed by atoms with Gasteiger partial charge < -0.3 is 15.5 Å². The minimum absolute atomic E-state index is 0. The molecule has 1 fully saturated rings. The van der Waals surface area contributed by atoms with Crippen LogP contribution in [0, 0.1) is 11.7 Å². The second kappa shape index (κ2) is 12.4. The number of benzene rings is 2. The molecule has 9 heteroatoms. The molecule has 1 atom stereocenters. The first-order valence-corrected chi connectivity index (χ1v) is 12.7. The maximum Gasteiger partial charge on any atom is 0.191 e. The maximum atomic E-state index is 13.7. The van der Waals surface area contributed by atoms with Gasteiger partial charge in [-0.2, -0.15) is 0 Å². The van der Waals surface area contributed by atoms with E-state index in [0.717, 1.165) is 26.1 Å². The van der Waals surface area contributed by atoms with E-state index in [1.54, 1.807) is 0 Å². The lowest BCUT2D eigenvalue weighted by Crippen LogP contribution is -2.40. The van der Waals surface area contributed by atoms with E-state index >= 15 is 0 Å². The summed E-state index contributed by atoms with van der Waals surface area (Å²) in [6, 6.07) is 14.6. The molecular formula is C23H32FIN4O2S. The molecule has 1 aliphatic rings. The van der Waals surface area contributed by atoms with Crippen molar-refractivity contribution in [1.82, 2.24) is 10.6 Å². The Hall–Kier alpha value is -1.88. The van der Waals surface area contributed by atoms with E-state index in [9.17, 15) is 12.8 Å². The fourth-order valence-corrected chi connectivity index (χ4v) is 4.63. The molecule has 0 saturated carbocycles. The number of hydrogen-bond acceptors (Lipinski definition) is 4. The normalized spacial score (nSPS) is 16.5. The van der Waals surface area contributed by atoms with E-state index in [2.05, 4.69) is 44.8 Å². The fraction of sp³-hybridized carbons (Fsp3) is 0.435. The number of rotatable bonds is 8. The predicted octanol–water partition coefficient (Wildman–Crippen LogP) is 3.57. The van der Waals surface area contributed by atoms with E-state index in [4.69, 9.17) is 0 Å². The average molecular weight is 575 g/mol. The van der Waals surface area contributed by atoms with Crippen LogP contribution in [0.15, 0.2) is 53.5 Å². The van der Waals surface area contributed by atoms with Gasteiger partial charge in [-0.25, -0.2) is 17.8 Å². The van der Waals surface area contributed by atoms with E-state index < -0.39 is 15.7 Å². The molecule has 0 aromatic heterocycles. The van der Waals surface area contributed by atoms with Gasteiger partial charge in [0.15, 0.2) is 15.8 Å². The van der Waals surface area contributed by atoms with Gasteiger partial charge in [0.2, 0.25) is 0 Å². The summed E-state index contributed by atoms with van der Waals surface area (Å²) in [5.74, 6) is 0.626. The summed E-state index contributed by atoms with van der Waals surface area (Å²) in [6.07, 6.45) is 2.28. The summed E-state index contributed by atoms with van der Waals surface area (Å²) in [5, 5.41) is 6.60. The minimum atomic E-state index is -3.22. The molecule has 3 rings (SSSR count). The van der Waals surface area contributed by atoms with Gasteiger partial charge in [-0.3, -0.25) is 0 Å². The minimum Gasteiger partial charge on any atom is -0.371 e. The van der Waals surface area contributed by atoms with Crippen molar-refractivity contribution < 1.29 is 12.8 Å². The lowest BCUT2D eigenvalue weighted by Gasteiger charge is -2.19. The van der Waals surface area contributed by atoms with Crippen molar-refractivity contribution >= 4 is 45.5 Å². The largest absolute Gasteiger partial charge is 0.371 e. The third-order valence-corrected chi connectivity index (χ3v) is 6.14. The molecule has 1 heterocycles. The third kappa shape index (κ3) is 8.23. The number of aliphatic imine (C=N–C) groups is 1. The Morgan fingerprint density at radius 3 is 2.59 bits per heavy atom. The lowest BCUT2D eigenvalue weighted by atomic mass is 10.1. The van der Waals surface area contributed by atoms with Gasteiger partial charge in [-0.15, -0.1) is 24.0 Å². The zero-order chi connectivity index (χ0) is 22.3. The van der Waals surface area contributed by atoms with E-state index in [1.165, 1.54) is 30.1 Å². The third-order valence-electron chi connectivity index (χ3n) is 5.30. The Balaban J connectivity index is 0.00000363. The second-order valence-corrected chi connectivity index (χ2v) is 10.1. The van der Waals surface area contributed by atoms with Gasteiger partial charge in [0.1, 0.15) is 5.82 Å². The lowest BCUT2D eigenvalue weighted by molar-refractivity contribution is 0.565. The zero-order valence-electron chi connectivity index (χ0n) is 18.6. The van der Waals surface area contributed by atoms with Gasteiger partial charge in [-0.05, 0) is 54.7 Å². The highest BCUT2D eigenvalue weighted by molar-refractivity contribution is 14.0. The van der Waals surface area contributed by atoms with Gasteiger partial charge >= 0.3 is 0 Å². The smallest absolute Gasteiger partial charge is 0.191 e. The van der Waals surface area contributed by atoms with Crippen LogP contribution in [-0.2, 0) is 22.1 Å². The highest BCUT2D eigenvalue weighted by atomic mass is 127. The predicted molar refractivity (Wildman–Crippen MR) is 140 cm³/mol. The number of halogens is 2. The van der Waals surface area contributed by atoms with Crippen LogP contribution in [0.2, 0.25) is 0 Å². The Labute approximate surface area is 207 Å². The number of hydrogen-bond donors (Lipinski definition) is 2. The molecule has 6 nitrogen and oxygen atoms in total. The topological polar surface area (TPSA) is 73.8 Å². The summed E-state index contributed by atoms with van der Waals surface area (Å²) in [6.45, 7) is 5.70. The van der Waals surface area contributed by atoms with Crippen LogP contribution in [-0.4, -0.2) is 46.8 Å². The van der Waals surface area contributed by atoms with Crippen molar-refractivity contribution in [1.29, 1.82) is 0 Å². The van der Waals surface area contributed by atoms with Crippen LogP contribution in [0.4, 0.5) is 10.1 Å². The van der Waals surface area contributed by atoms with Gasteiger partial charge in [-0.1, -0.05) is 24.3 Å². The second-order valence-electron chi connectivity index (χ2n) is 8.00. The van der Waals surface area contributed by atoms with Crippen molar-refractivity contribution in [2.24, 2.45) is 10.9 Å². The van der Waals surface area contributed by atoms with Crippen molar-refractivity contribution in [2.75, 3.05) is 37.3 Å². The van der Waals surface area contributed by atoms with Crippen molar-refractivity contribution in [3.05, 3.63) is 65.5 Å². The molecule has 0 radical (unpaired) electrons. The SMILES string of the molecule is CCNC(=NCc1cc(F)ccc1CS(C)(=O)=O)NCC1CCN(c2ccccc2)C1.I. The molecule has 1 saturated heterocycles. The van der Waals surface area contributed by atoms with Crippen LogP contribution in [0.25, 0.3) is 0 Å². The average Bonchev–Trinajstić information content (AvgIpc) is 3.20. The molecule has 0 spiro atoms. The highest BCUT2D eigenvalue weighted by Crippen LogP contribution is 2.23. The molecule has 0 bridgehead atoms. The monoisotopic (exact) mass is 574 g/mol. The first kappa shape index (κ1) is 26.4. The Kier molecular flexibility index (Phi) is 10.2. The van der Waals surface area contributed by atoms with E-state index in [0.29, 0.717) is 29.5 Å². The number of nitrogens with zero attached hydrogens (tertiary/aromatic N) is 2. The molecule has 1 aliphatic heterocycles. The summed E-state index contributed by atoms with van der Waals surface area (Å²) in [5.41, 5.74) is 2.41. The Bertz CT molecular complexity index is 1000. The fourth-order valence-electron chi connectivity index (χ4n) is 3.78. The number of sulfone groups is 1. The van der Waals surface area contributed by atoms with Crippen LogP contribution >= 0.6 is 24.0 Å². The number of para-hydroxylation sites is 1. The molecular weight excluding hydrogens is 542 g/mol. The Morgan fingerprint density at radius 2 is 1.91 bits per heavy atom. The first-order valence-electron chi connectivity index (χ1n) is 10.6. The van der Waals surface area contributed by atoms with Crippen molar-refractivity contribution in [3.63, 3.8) is 0 Å². The Morgan fingerprint density at radius 1 is 1.16 bits per heavy atom. The van der Waals surface area contributed by atoms with Gasteiger partial charge in [0, 0.05) is 38.1 Å². The number of anilines is 1. The summed E-state index contributed by atoms with van der Waals surface area (Å²) >= 11 is 0. The van der Waals surface area contributed by atoms with Crippen molar-refractivity contribution in [3.8, 4) is 0 Å². The summed E-state index contributed by atoms with van der Waals surface area (Å²) < 4.78 is 37.1. The van der Waals surface area contributed by atoms with E-state index in [1.807, 2.05) is 13.0 Å². The molecule has 1 unspecified atom stereocenters. The molecule has 32 heavy (non-hydrogen) atoms. The number of nitrogens with one attached hydrogen (secondary N) is 2.